The second-order valence-electron chi connectivity index (χ2n) is 17.5. The summed E-state index contributed by atoms with van der Waals surface area (Å²) in [4.78, 5) is 49.3. The van der Waals surface area contributed by atoms with Crippen LogP contribution in [0.2, 0.25) is 0 Å². The average molecular weight is 851 g/mol. The number of carbonyl (C=O) groups is 4. The van der Waals surface area contributed by atoms with Gasteiger partial charge in [0.15, 0.2) is 0 Å². The molecule has 10 nitrogen and oxygen atoms in total. The first-order chi connectivity index (χ1) is 24.9. The number of nitrogens with zero attached hydrogens (tertiary/aromatic N) is 2. The predicted octanol–water partition coefficient (Wildman–Crippen LogP) is 10.8. The van der Waals surface area contributed by atoms with Crippen LogP contribution in [0, 0.1) is 63.1 Å². The summed E-state index contributed by atoms with van der Waals surface area (Å²) < 4.78 is 19.9. The van der Waals surface area contributed by atoms with E-state index in [2.05, 4.69) is 94.7 Å². The molecule has 0 unspecified atom stereocenters. The number of anilines is 2. The van der Waals surface area contributed by atoms with Crippen molar-refractivity contribution < 1.29 is 54.6 Å². The van der Waals surface area contributed by atoms with Crippen LogP contribution in [0.15, 0.2) is 61.0 Å². The van der Waals surface area contributed by atoms with Crippen molar-refractivity contribution >= 4 is 35.3 Å². The molecule has 2 aromatic carbocycles. The van der Waals surface area contributed by atoms with E-state index in [1.165, 1.54) is 44.8 Å². The van der Waals surface area contributed by atoms with Gasteiger partial charge in [0.2, 0.25) is 0 Å². The van der Waals surface area contributed by atoms with E-state index in [1.807, 2.05) is 0 Å². The Bertz CT molecular complexity index is 1530. The molecule has 327 valence electrons. The molecule has 1 aliphatic rings. The van der Waals surface area contributed by atoms with Gasteiger partial charge in [-0.2, -0.15) is 0 Å². The van der Waals surface area contributed by atoms with E-state index >= 15 is 0 Å². The summed E-state index contributed by atoms with van der Waals surface area (Å²) in [6.45, 7) is 36.3. The summed E-state index contributed by atoms with van der Waals surface area (Å²) in [6, 6.07) is 8.98. The summed E-state index contributed by atoms with van der Waals surface area (Å²) >= 11 is 0. The first kappa shape index (κ1) is 58.0. The van der Waals surface area contributed by atoms with Crippen LogP contribution in [0.3, 0.4) is 0 Å². The minimum Gasteiger partial charge on any atom is -0.479 e. The van der Waals surface area contributed by atoms with Gasteiger partial charge in [-0.3, -0.25) is 0 Å². The van der Waals surface area contributed by atoms with E-state index in [1.54, 1.807) is 83.1 Å². The van der Waals surface area contributed by atoms with Gasteiger partial charge in [-0.25, -0.2) is 19.2 Å². The Morgan fingerprint density at radius 1 is 0.448 bits per heavy atom. The van der Waals surface area contributed by atoms with Crippen LogP contribution >= 0.6 is 0 Å². The summed E-state index contributed by atoms with van der Waals surface area (Å²) in [7, 11) is 0. The van der Waals surface area contributed by atoms with Crippen LogP contribution in [-0.2, 0) is 54.6 Å². The Labute approximate surface area is 361 Å². The van der Waals surface area contributed by atoms with Gasteiger partial charge in [-0.15, -0.1) is 6.67 Å². The molecule has 1 radical (unpaired) electrons. The fourth-order valence-electron chi connectivity index (χ4n) is 5.39. The van der Waals surface area contributed by atoms with Crippen molar-refractivity contribution in [2.24, 2.45) is 0 Å². The van der Waals surface area contributed by atoms with Gasteiger partial charge in [0, 0.05) is 35.7 Å². The van der Waals surface area contributed by atoms with Crippen LogP contribution in [0.5, 0.6) is 0 Å². The fraction of sp³-hybridized carbons (Fsp3) is 0.468. The van der Waals surface area contributed by atoms with Crippen molar-refractivity contribution in [2.45, 2.75) is 147 Å². The Morgan fingerprint density at radius 2 is 0.638 bits per heavy atom. The van der Waals surface area contributed by atoms with E-state index in [9.17, 15) is 19.2 Å². The average Bonchev–Trinajstić information content (AvgIpc) is 3.40. The number of hydrogen-bond acceptors (Lipinski definition) is 10. The van der Waals surface area contributed by atoms with Gasteiger partial charge in [-0.05, 0) is 159 Å². The van der Waals surface area contributed by atoms with E-state index < -0.39 is 46.3 Å². The zero-order valence-electron chi connectivity index (χ0n) is 38.8. The van der Waals surface area contributed by atoms with Crippen molar-refractivity contribution in [3.8, 4) is 0 Å². The molecule has 0 N–H and O–H groups in total. The van der Waals surface area contributed by atoms with Crippen molar-refractivity contribution in [1.82, 2.24) is 0 Å². The number of hydrogen-bond donors (Lipinski definition) is 0. The maximum absolute atomic E-state index is 11.2. The van der Waals surface area contributed by atoms with Crippen molar-refractivity contribution in [3.63, 3.8) is 0 Å². The second-order valence-corrected chi connectivity index (χ2v) is 17.5. The molecule has 0 fully saturated rings. The summed E-state index contributed by atoms with van der Waals surface area (Å²) in [5, 5.41) is 0. The predicted molar refractivity (Wildman–Crippen MR) is 234 cm³/mol. The largest absolute Gasteiger partial charge is 3.00 e. The standard InChI is InChI=1S/C21H25N2.2C12H20O4.2CH3.Ni/c1-14-9-16(3)20(17(4)10-14)22-7-8-23(13-22)21-18(5)11-15(2)12-19(21)6;2*1-11(2,3)15-9(13)7-8-10(14)16-12(4,5)6;;;/h7-13H,1-6H3;2*7-8H,1-6H3;2*1H3;/q-1;;;2*-1;+3/b;2*8-7+;;;. The third kappa shape index (κ3) is 23.8. The van der Waals surface area contributed by atoms with Gasteiger partial charge in [0.1, 0.15) is 22.4 Å². The summed E-state index contributed by atoms with van der Waals surface area (Å²) in [5.74, 6) is -2.23. The van der Waals surface area contributed by atoms with Gasteiger partial charge in [0.25, 0.3) is 0 Å². The summed E-state index contributed by atoms with van der Waals surface area (Å²) in [6.07, 6.45) is 8.56. The molecule has 0 saturated carbocycles. The van der Waals surface area contributed by atoms with E-state index in [0.717, 1.165) is 24.3 Å². The number of aryl methyl sites for hydroxylation is 6. The maximum Gasteiger partial charge on any atom is 3.00 e. The molecule has 1 heterocycles. The summed E-state index contributed by atoms with van der Waals surface area (Å²) in [5.41, 5.74) is 8.17. The van der Waals surface area contributed by atoms with E-state index in [4.69, 9.17) is 18.9 Å². The Kier molecular flexibility index (Phi) is 23.9. The van der Waals surface area contributed by atoms with Gasteiger partial charge in [0.05, 0.1) is 0 Å². The molecular weight excluding hydrogens is 779 g/mol. The van der Waals surface area contributed by atoms with Crippen LogP contribution in [0.4, 0.5) is 11.4 Å². The van der Waals surface area contributed by atoms with Gasteiger partial charge in [-0.1, -0.05) is 35.4 Å². The third-order valence-electron chi connectivity index (χ3n) is 6.76. The van der Waals surface area contributed by atoms with Crippen molar-refractivity contribution in [2.75, 3.05) is 9.80 Å². The molecule has 0 saturated heterocycles. The molecule has 2 aromatic rings. The third-order valence-corrected chi connectivity index (χ3v) is 6.76. The van der Waals surface area contributed by atoms with E-state index in [0.29, 0.717) is 0 Å². The first-order valence-corrected chi connectivity index (χ1v) is 18.4. The molecule has 0 aliphatic carbocycles. The van der Waals surface area contributed by atoms with Crippen LogP contribution < -0.4 is 9.80 Å². The maximum atomic E-state index is 11.2. The van der Waals surface area contributed by atoms with Crippen LogP contribution in [0.25, 0.3) is 0 Å². The SMILES string of the molecule is CC(C)(C)OC(=O)/C=C/C(=O)OC(C)(C)C.CC(C)(C)OC(=O)/C=C/C(=O)OC(C)(C)C.Cc1cc(C)c(N2C=CN(c3c(C)cc(C)cc3C)[CH-]2)c(C)c1.[CH3-].[CH3-].[Ni+3]. The zero-order valence-corrected chi connectivity index (χ0v) is 39.8. The molecular formula is C47H71N2NiO8. The molecule has 0 amide bonds. The van der Waals surface area contributed by atoms with Crippen LogP contribution in [-0.4, -0.2) is 46.3 Å². The number of esters is 4. The molecule has 0 spiro atoms. The quantitative estimate of drug-likeness (QED) is 0.0915. The van der Waals surface area contributed by atoms with Crippen molar-refractivity contribution in [1.29, 1.82) is 0 Å². The monoisotopic (exact) mass is 849 g/mol. The normalized spacial score (nSPS) is 12.5. The minimum atomic E-state index is -0.560. The van der Waals surface area contributed by atoms with E-state index in [-0.39, 0.29) is 31.3 Å². The Hall–Kier alpha value is -4.37. The number of rotatable bonds is 6. The number of ether oxygens (including phenoxy) is 4. The smallest absolute Gasteiger partial charge is 0.479 e. The van der Waals surface area contributed by atoms with Gasteiger partial charge < -0.3 is 43.6 Å². The molecule has 58 heavy (non-hydrogen) atoms. The number of carbonyl (C=O) groups excluding carboxylic acids is 4. The minimum absolute atomic E-state index is 0. The van der Waals surface area contributed by atoms with Gasteiger partial charge >= 0.3 is 40.4 Å². The second kappa shape index (κ2) is 23.9. The molecule has 0 bridgehead atoms. The molecule has 3 rings (SSSR count). The Balaban J connectivity index is -0.000000786. The molecule has 0 aromatic heterocycles. The molecule has 0 atom stereocenters. The first-order valence-electron chi connectivity index (χ1n) is 18.4. The van der Waals surface area contributed by atoms with Crippen LogP contribution in [0.1, 0.15) is 116 Å². The zero-order chi connectivity index (χ0) is 42.7. The topological polar surface area (TPSA) is 112 Å². The fourth-order valence-corrected chi connectivity index (χ4v) is 5.39. The number of benzene rings is 2. The Morgan fingerprint density at radius 3 is 0.810 bits per heavy atom. The molecule has 1 aliphatic heterocycles. The molecule has 11 heteroatoms. The van der Waals surface area contributed by atoms with Crippen molar-refractivity contribution in [3.05, 3.63) is 116 Å².